The maximum absolute atomic E-state index is 13.4. The van der Waals surface area contributed by atoms with E-state index < -0.39 is 27.8 Å². The highest BCUT2D eigenvalue weighted by Crippen LogP contribution is 2.21. The van der Waals surface area contributed by atoms with Gasteiger partial charge < -0.3 is 5.32 Å². The highest BCUT2D eigenvalue weighted by molar-refractivity contribution is 7.92. The van der Waals surface area contributed by atoms with Crippen LogP contribution >= 0.6 is 11.6 Å². The van der Waals surface area contributed by atoms with Crippen molar-refractivity contribution in [3.05, 3.63) is 64.9 Å². The quantitative estimate of drug-likeness (QED) is 0.832. The summed E-state index contributed by atoms with van der Waals surface area (Å²) in [6.45, 7) is 1.67. The molecule has 2 aromatic rings. The summed E-state index contributed by atoms with van der Waals surface area (Å²) in [5.41, 5.74) is 0.915. The molecule has 134 valence electrons. The highest BCUT2D eigenvalue weighted by Gasteiger charge is 2.29. The van der Waals surface area contributed by atoms with Gasteiger partial charge in [-0.3, -0.25) is 9.10 Å². The SMILES string of the molecule is C[C@@H](C(=O)NCc1ccc(Cl)cc1)N(c1cccc(F)c1)S(C)(=O)=O. The molecule has 0 heterocycles. The molecule has 1 amide bonds. The Balaban J connectivity index is 2.17. The number of rotatable bonds is 6. The van der Waals surface area contributed by atoms with E-state index in [9.17, 15) is 17.6 Å². The molecule has 0 saturated carbocycles. The number of carbonyl (C=O) groups is 1. The number of hydrogen-bond acceptors (Lipinski definition) is 3. The number of anilines is 1. The van der Waals surface area contributed by atoms with Gasteiger partial charge in [0, 0.05) is 11.6 Å². The van der Waals surface area contributed by atoms with Gasteiger partial charge in [0.1, 0.15) is 11.9 Å². The van der Waals surface area contributed by atoms with Gasteiger partial charge in [-0.2, -0.15) is 0 Å². The topological polar surface area (TPSA) is 66.5 Å². The molecule has 1 atom stereocenters. The second-order valence-corrected chi connectivity index (χ2v) is 7.85. The van der Waals surface area contributed by atoms with E-state index in [4.69, 9.17) is 11.6 Å². The van der Waals surface area contributed by atoms with Crippen molar-refractivity contribution >= 4 is 33.2 Å². The maximum Gasteiger partial charge on any atom is 0.243 e. The van der Waals surface area contributed by atoms with Crippen molar-refractivity contribution in [1.29, 1.82) is 0 Å². The molecular weight excluding hydrogens is 367 g/mol. The third kappa shape index (κ3) is 5.17. The van der Waals surface area contributed by atoms with Crippen molar-refractivity contribution in [2.75, 3.05) is 10.6 Å². The van der Waals surface area contributed by atoms with Gasteiger partial charge in [-0.15, -0.1) is 0 Å². The number of hydrogen-bond donors (Lipinski definition) is 1. The molecule has 0 aromatic heterocycles. The van der Waals surface area contributed by atoms with Crippen LogP contribution in [0.3, 0.4) is 0 Å². The lowest BCUT2D eigenvalue weighted by molar-refractivity contribution is -0.122. The monoisotopic (exact) mass is 384 g/mol. The summed E-state index contributed by atoms with van der Waals surface area (Å²) in [5, 5.41) is 3.25. The molecular formula is C17H18ClFN2O3S. The van der Waals surface area contributed by atoms with E-state index >= 15 is 0 Å². The van der Waals surface area contributed by atoms with Gasteiger partial charge in [-0.25, -0.2) is 12.8 Å². The molecule has 0 radical (unpaired) electrons. The molecule has 8 heteroatoms. The van der Waals surface area contributed by atoms with Crippen LogP contribution in [0.2, 0.25) is 5.02 Å². The Kier molecular flexibility index (Phi) is 6.02. The predicted molar refractivity (Wildman–Crippen MR) is 96.5 cm³/mol. The lowest BCUT2D eigenvalue weighted by Gasteiger charge is -2.28. The molecule has 0 saturated heterocycles. The van der Waals surface area contributed by atoms with E-state index in [1.807, 2.05) is 0 Å². The first-order valence-electron chi connectivity index (χ1n) is 7.45. The van der Waals surface area contributed by atoms with Gasteiger partial charge in [-0.1, -0.05) is 29.8 Å². The first-order chi connectivity index (χ1) is 11.7. The van der Waals surface area contributed by atoms with Gasteiger partial charge in [0.25, 0.3) is 0 Å². The number of nitrogens with one attached hydrogen (secondary N) is 1. The number of halogens is 2. The molecule has 0 spiro atoms. The summed E-state index contributed by atoms with van der Waals surface area (Å²) in [7, 11) is -3.78. The van der Waals surface area contributed by atoms with Crippen molar-refractivity contribution in [3.63, 3.8) is 0 Å². The fourth-order valence-electron chi connectivity index (χ4n) is 2.36. The standard InChI is InChI=1S/C17H18ClFN2O3S/c1-12(17(22)20-11-13-6-8-14(18)9-7-13)21(25(2,23)24)16-5-3-4-15(19)10-16/h3-10,12H,11H2,1-2H3,(H,20,22)/t12-/m0/s1. The van der Waals surface area contributed by atoms with Gasteiger partial charge in [0.05, 0.1) is 11.9 Å². The van der Waals surface area contributed by atoms with Gasteiger partial charge in [-0.05, 0) is 42.8 Å². The van der Waals surface area contributed by atoms with Gasteiger partial charge >= 0.3 is 0 Å². The zero-order valence-corrected chi connectivity index (χ0v) is 15.3. The van der Waals surface area contributed by atoms with Crippen LogP contribution in [-0.4, -0.2) is 26.6 Å². The fourth-order valence-corrected chi connectivity index (χ4v) is 3.65. The van der Waals surface area contributed by atoms with Crippen molar-refractivity contribution in [3.8, 4) is 0 Å². The molecule has 2 rings (SSSR count). The van der Waals surface area contributed by atoms with Crippen LogP contribution in [0.15, 0.2) is 48.5 Å². The van der Waals surface area contributed by atoms with Crippen LogP contribution < -0.4 is 9.62 Å². The molecule has 0 fully saturated rings. The number of amides is 1. The maximum atomic E-state index is 13.4. The Hall–Kier alpha value is -2.12. The first kappa shape index (κ1) is 19.2. The minimum Gasteiger partial charge on any atom is -0.350 e. The molecule has 0 aliphatic carbocycles. The van der Waals surface area contributed by atoms with Crippen molar-refractivity contribution in [1.82, 2.24) is 5.32 Å². The minimum atomic E-state index is -3.78. The van der Waals surface area contributed by atoms with Crippen LogP contribution in [0.25, 0.3) is 0 Å². The Morgan fingerprint density at radius 1 is 1.24 bits per heavy atom. The normalized spacial score (nSPS) is 12.5. The molecule has 0 unspecified atom stereocenters. The largest absolute Gasteiger partial charge is 0.350 e. The summed E-state index contributed by atoms with van der Waals surface area (Å²) < 4.78 is 38.6. The smallest absolute Gasteiger partial charge is 0.243 e. The highest BCUT2D eigenvalue weighted by atomic mass is 35.5. The number of sulfonamides is 1. The predicted octanol–water partition coefficient (Wildman–Crippen LogP) is 2.95. The average Bonchev–Trinajstić information content (AvgIpc) is 2.53. The Morgan fingerprint density at radius 2 is 1.88 bits per heavy atom. The number of nitrogens with zero attached hydrogens (tertiary/aromatic N) is 1. The zero-order chi connectivity index (χ0) is 18.6. The van der Waals surface area contributed by atoms with Crippen LogP contribution in [-0.2, 0) is 21.4 Å². The zero-order valence-electron chi connectivity index (χ0n) is 13.7. The fraction of sp³-hybridized carbons (Fsp3) is 0.235. The molecule has 1 N–H and O–H groups in total. The molecule has 0 bridgehead atoms. The Labute approximate surface area is 151 Å². The van der Waals surface area contributed by atoms with Crippen LogP contribution in [0.1, 0.15) is 12.5 Å². The molecule has 25 heavy (non-hydrogen) atoms. The van der Waals surface area contributed by atoms with E-state index in [-0.39, 0.29) is 12.2 Å². The van der Waals surface area contributed by atoms with Crippen LogP contribution in [0.5, 0.6) is 0 Å². The second-order valence-electron chi connectivity index (χ2n) is 5.56. The summed E-state index contributed by atoms with van der Waals surface area (Å²) in [6.07, 6.45) is 0.973. The van der Waals surface area contributed by atoms with Gasteiger partial charge in [0.15, 0.2) is 0 Å². The Bertz CT molecular complexity index is 856. The van der Waals surface area contributed by atoms with Crippen LogP contribution in [0.4, 0.5) is 10.1 Å². The van der Waals surface area contributed by atoms with Gasteiger partial charge in [0.2, 0.25) is 15.9 Å². The molecule has 5 nitrogen and oxygen atoms in total. The summed E-state index contributed by atoms with van der Waals surface area (Å²) >= 11 is 5.81. The van der Waals surface area contributed by atoms with Crippen molar-refractivity contribution in [2.45, 2.75) is 19.5 Å². The molecule has 0 aliphatic rings. The average molecular weight is 385 g/mol. The lowest BCUT2D eigenvalue weighted by Crippen LogP contribution is -2.47. The van der Waals surface area contributed by atoms with E-state index in [2.05, 4.69) is 5.32 Å². The van der Waals surface area contributed by atoms with Crippen molar-refractivity contribution < 1.29 is 17.6 Å². The van der Waals surface area contributed by atoms with E-state index in [1.54, 1.807) is 24.3 Å². The van der Waals surface area contributed by atoms with E-state index in [0.29, 0.717) is 5.02 Å². The van der Waals surface area contributed by atoms with E-state index in [1.165, 1.54) is 25.1 Å². The van der Waals surface area contributed by atoms with E-state index in [0.717, 1.165) is 22.2 Å². The molecule has 0 aliphatic heterocycles. The number of benzene rings is 2. The van der Waals surface area contributed by atoms with Crippen molar-refractivity contribution in [2.24, 2.45) is 0 Å². The third-order valence-electron chi connectivity index (χ3n) is 3.53. The second kappa shape index (κ2) is 7.84. The summed E-state index contributed by atoms with van der Waals surface area (Å²) in [6, 6.07) is 11.0. The summed E-state index contributed by atoms with van der Waals surface area (Å²) in [5.74, 6) is -1.08. The Morgan fingerprint density at radius 3 is 2.44 bits per heavy atom. The lowest BCUT2D eigenvalue weighted by atomic mass is 10.2. The first-order valence-corrected chi connectivity index (χ1v) is 9.68. The molecule has 2 aromatic carbocycles. The number of carbonyl (C=O) groups excluding carboxylic acids is 1. The summed E-state index contributed by atoms with van der Waals surface area (Å²) in [4.78, 5) is 12.4. The van der Waals surface area contributed by atoms with Crippen LogP contribution in [0, 0.1) is 5.82 Å². The third-order valence-corrected chi connectivity index (χ3v) is 5.02. The minimum absolute atomic E-state index is 0.0941.